The van der Waals surface area contributed by atoms with Crippen molar-refractivity contribution in [3.05, 3.63) is 30.1 Å². The monoisotopic (exact) mass is 251 g/mol. The summed E-state index contributed by atoms with van der Waals surface area (Å²) in [6.07, 6.45) is 4.50. The van der Waals surface area contributed by atoms with E-state index in [2.05, 4.69) is 10.3 Å². The normalized spacial score (nSPS) is 11.9. The number of rotatable bonds is 6. The molecule has 1 heterocycles. The van der Waals surface area contributed by atoms with Crippen LogP contribution in [-0.4, -0.2) is 47.3 Å². The average molecular weight is 251 g/mol. The molecule has 0 fully saturated rings. The SMILES string of the molecule is CC(O)CCN(C)C(=O)NCCc1cccnc1. The maximum absolute atomic E-state index is 11.7. The van der Waals surface area contributed by atoms with Gasteiger partial charge in [-0.1, -0.05) is 6.07 Å². The Morgan fingerprint density at radius 3 is 3.00 bits per heavy atom. The van der Waals surface area contributed by atoms with Gasteiger partial charge in [0.25, 0.3) is 0 Å². The Labute approximate surface area is 108 Å². The third kappa shape index (κ3) is 5.63. The molecule has 1 rings (SSSR count). The summed E-state index contributed by atoms with van der Waals surface area (Å²) < 4.78 is 0. The van der Waals surface area contributed by atoms with E-state index < -0.39 is 0 Å². The van der Waals surface area contributed by atoms with Crippen LogP contribution in [0.3, 0.4) is 0 Å². The molecule has 0 radical (unpaired) electrons. The summed E-state index contributed by atoms with van der Waals surface area (Å²) in [5.74, 6) is 0. The molecule has 1 aromatic rings. The number of amides is 2. The molecule has 5 heteroatoms. The van der Waals surface area contributed by atoms with Gasteiger partial charge in [0, 0.05) is 32.5 Å². The molecule has 1 atom stereocenters. The fraction of sp³-hybridized carbons (Fsp3) is 0.538. The Balaban J connectivity index is 2.20. The first-order valence-corrected chi connectivity index (χ1v) is 6.15. The van der Waals surface area contributed by atoms with Crippen molar-refractivity contribution in [2.24, 2.45) is 0 Å². The van der Waals surface area contributed by atoms with E-state index in [1.807, 2.05) is 12.1 Å². The number of carbonyl (C=O) groups excluding carboxylic acids is 1. The smallest absolute Gasteiger partial charge is 0.317 e. The molecule has 0 aliphatic rings. The number of hydrogen-bond acceptors (Lipinski definition) is 3. The summed E-state index contributed by atoms with van der Waals surface area (Å²) >= 11 is 0. The second kappa shape index (κ2) is 7.66. The molecule has 0 saturated carbocycles. The van der Waals surface area contributed by atoms with Gasteiger partial charge in [0.1, 0.15) is 0 Å². The van der Waals surface area contributed by atoms with E-state index >= 15 is 0 Å². The quantitative estimate of drug-likeness (QED) is 0.794. The minimum Gasteiger partial charge on any atom is -0.393 e. The largest absolute Gasteiger partial charge is 0.393 e. The fourth-order valence-electron chi connectivity index (χ4n) is 1.48. The van der Waals surface area contributed by atoms with Crippen LogP contribution >= 0.6 is 0 Å². The first-order chi connectivity index (χ1) is 8.59. The van der Waals surface area contributed by atoms with Crippen molar-refractivity contribution in [3.8, 4) is 0 Å². The van der Waals surface area contributed by atoms with Gasteiger partial charge < -0.3 is 15.3 Å². The molecule has 1 aromatic heterocycles. The number of urea groups is 1. The third-order valence-corrected chi connectivity index (χ3v) is 2.64. The number of nitrogens with one attached hydrogen (secondary N) is 1. The molecular formula is C13H21N3O2. The number of carbonyl (C=O) groups is 1. The predicted molar refractivity (Wildman–Crippen MR) is 70.3 cm³/mol. The summed E-state index contributed by atoms with van der Waals surface area (Å²) in [6.45, 7) is 2.86. The van der Waals surface area contributed by atoms with Crippen LogP contribution in [0, 0.1) is 0 Å². The molecule has 18 heavy (non-hydrogen) atoms. The van der Waals surface area contributed by atoms with Crippen molar-refractivity contribution in [2.75, 3.05) is 20.1 Å². The van der Waals surface area contributed by atoms with E-state index in [1.54, 1.807) is 31.3 Å². The summed E-state index contributed by atoms with van der Waals surface area (Å²) in [6, 6.07) is 3.75. The summed E-state index contributed by atoms with van der Waals surface area (Å²) in [7, 11) is 1.72. The molecule has 5 nitrogen and oxygen atoms in total. The highest BCUT2D eigenvalue weighted by molar-refractivity contribution is 5.73. The van der Waals surface area contributed by atoms with Crippen LogP contribution in [0.4, 0.5) is 4.79 Å². The summed E-state index contributed by atoms with van der Waals surface area (Å²) in [5.41, 5.74) is 1.10. The van der Waals surface area contributed by atoms with Crippen LogP contribution in [0.5, 0.6) is 0 Å². The lowest BCUT2D eigenvalue weighted by Crippen LogP contribution is -2.39. The van der Waals surface area contributed by atoms with E-state index in [1.165, 1.54) is 0 Å². The Morgan fingerprint density at radius 1 is 1.61 bits per heavy atom. The number of hydrogen-bond donors (Lipinski definition) is 2. The van der Waals surface area contributed by atoms with Crippen LogP contribution in [0.2, 0.25) is 0 Å². The molecule has 0 aliphatic carbocycles. The highest BCUT2D eigenvalue weighted by atomic mass is 16.3. The van der Waals surface area contributed by atoms with Gasteiger partial charge in [-0.05, 0) is 31.4 Å². The Kier molecular flexibility index (Phi) is 6.14. The lowest BCUT2D eigenvalue weighted by Gasteiger charge is -2.18. The zero-order chi connectivity index (χ0) is 13.4. The van der Waals surface area contributed by atoms with Crippen LogP contribution < -0.4 is 5.32 Å². The molecule has 0 saturated heterocycles. The van der Waals surface area contributed by atoms with Gasteiger partial charge in [-0.15, -0.1) is 0 Å². The first-order valence-electron chi connectivity index (χ1n) is 6.15. The zero-order valence-corrected chi connectivity index (χ0v) is 11.0. The Morgan fingerprint density at radius 2 is 2.39 bits per heavy atom. The van der Waals surface area contributed by atoms with Gasteiger partial charge in [0.2, 0.25) is 0 Å². The van der Waals surface area contributed by atoms with Gasteiger partial charge in [-0.2, -0.15) is 0 Å². The molecule has 2 amide bonds. The van der Waals surface area contributed by atoms with Crippen LogP contribution in [0.15, 0.2) is 24.5 Å². The summed E-state index contributed by atoms with van der Waals surface area (Å²) in [4.78, 5) is 17.3. The molecule has 1 unspecified atom stereocenters. The highest BCUT2D eigenvalue weighted by Gasteiger charge is 2.08. The van der Waals surface area contributed by atoms with E-state index in [9.17, 15) is 4.79 Å². The van der Waals surface area contributed by atoms with Crippen LogP contribution in [0.25, 0.3) is 0 Å². The van der Waals surface area contributed by atoms with Gasteiger partial charge in [-0.25, -0.2) is 4.79 Å². The van der Waals surface area contributed by atoms with E-state index in [4.69, 9.17) is 5.11 Å². The van der Waals surface area contributed by atoms with Crippen LogP contribution in [-0.2, 0) is 6.42 Å². The second-order valence-corrected chi connectivity index (χ2v) is 4.40. The number of aliphatic hydroxyl groups is 1. The maximum atomic E-state index is 11.7. The maximum Gasteiger partial charge on any atom is 0.317 e. The van der Waals surface area contributed by atoms with Gasteiger partial charge >= 0.3 is 6.03 Å². The highest BCUT2D eigenvalue weighted by Crippen LogP contribution is 1.97. The van der Waals surface area contributed by atoms with Crippen molar-refractivity contribution in [1.82, 2.24) is 15.2 Å². The fourth-order valence-corrected chi connectivity index (χ4v) is 1.48. The lowest BCUT2D eigenvalue weighted by molar-refractivity contribution is 0.163. The van der Waals surface area contributed by atoms with Crippen molar-refractivity contribution in [2.45, 2.75) is 25.9 Å². The van der Waals surface area contributed by atoms with E-state index in [-0.39, 0.29) is 12.1 Å². The zero-order valence-electron chi connectivity index (χ0n) is 11.0. The Hall–Kier alpha value is -1.62. The minimum absolute atomic E-state index is 0.112. The molecule has 2 N–H and O–H groups in total. The lowest BCUT2D eigenvalue weighted by atomic mass is 10.2. The van der Waals surface area contributed by atoms with Crippen LogP contribution in [0.1, 0.15) is 18.9 Å². The second-order valence-electron chi connectivity index (χ2n) is 4.40. The topological polar surface area (TPSA) is 65.5 Å². The number of aliphatic hydroxyl groups excluding tert-OH is 1. The minimum atomic E-state index is -0.379. The predicted octanol–water partition coefficient (Wildman–Crippen LogP) is 1.04. The van der Waals surface area contributed by atoms with Gasteiger partial charge in [0.05, 0.1) is 6.10 Å². The average Bonchev–Trinajstić information content (AvgIpc) is 2.37. The van der Waals surface area contributed by atoms with E-state index in [0.717, 1.165) is 12.0 Å². The number of pyridine rings is 1. The van der Waals surface area contributed by atoms with Crippen molar-refractivity contribution in [1.29, 1.82) is 0 Å². The van der Waals surface area contributed by atoms with Gasteiger partial charge in [0.15, 0.2) is 0 Å². The standard InChI is InChI=1S/C13H21N3O2/c1-11(17)6-9-16(2)13(18)15-8-5-12-4-3-7-14-10-12/h3-4,7,10-11,17H,5-6,8-9H2,1-2H3,(H,15,18). The first kappa shape index (κ1) is 14.4. The van der Waals surface area contributed by atoms with Crippen molar-refractivity contribution >= 4 is 6.03 Å². The molecule has 100 valence electrons. The molecule has 0 aromatic carbocycles. The molecule has 0 aliphatic heterocycles. The number of nitrogens with zero attached hydrogens (tertiary/aromatic N) is 2. The molecular weight excluding hydrogens is 230 g/mol. The van der Waals surface area contributed by atoms with Gasteiger partial charge in [-0.3, -0.25) is 4.98 Å². The number of aromatic nitrogens is 1. The summed E-state index contributed by atoms with van der Waals surface area (Å²) in [5, 5.41) is 12.0. The Bertz CT molecular complexity index is 355. The van der Waals surface area contributed by atoms with Crippen molar-refractivity contribution < 1.29 is 9.90 Å². The molecule has 0 bridgehead atoms. The van der Waals surface area contributed by atoms with E-state index in [0.29, 0.717) is 19.5 Å². The third-order valence-electron chi connectivity index (χ3n) is 2.64. The van der Waals surface area contributed by atoms with Crippen molar-refractivity contribution in [3.63, 3.8) is 0 Å². The molecule has 0 spiro atoms.